The maximum atomic E-state index is 12.4. The van der Waals surface area contributed by atoms with Crippen LogP contribution in [0.4, 0.5) is 0 Å². The Morgan fingerprint density at radius 3 is 2.62 bits per heavy atom. The summed E-state index contributed by atoms with van der Waals surface area (Å²) in [4.78, 5) is 18.8. The van der Waals surface area contributed by atoms with Crippen LogP contribution in [0, 0.1) is 0 Å². The van der Waals surface area contributed by atoms with Gasteiger partial charge >= 0.3 is 0 Å². The van der Waals surface area contributed by atoms with Crippen molar-refractivity contribution in [2.24, 2.45) is 0 Å². The van der Waals surface area contributed by atoms with Gasteiger partial charge in [0.25, 0.3) is 5.91 Å². The number of fused-ring (bicyclic) bond motifs is 1. The van der Waals surface area contributed by atoms with Gasteiger partial charge in [0, 0.05) is 18.5 Å². The highest BCUT2D eigenvalue weighted by atomic mass is 16.5. The molecule has 1 aliphatic rings. The average molecular weight is 288 g/mol. The summed E-state index contributed by atoms with van der Waals surface area (Å²) in [6, 6.07) is 3.59. The van der Waals surface area contributed by atoms with Gasteiger partial charge in [-0.15, -0.1) is 0 Å². The molecule has 6 heteroatoms. The van der Waals surface area contributed by atoms with Crippen molar-refractivity contribution in [1.29, 1.82) is 0 Å². The Balaban J connectivity index is 1.91. The van der Waals surface area contributed by atoms with E-state index in [1.165, 1.54) is 0 Å². The lowest BCUT2D eigenvalue weighted by atomic mass is 9.93. The zero-order chi connectivity index (χ0) is 15.0. The third-order valence-corrected chi connectivity index (χ3v) is 3.61. The van der Waals surface area contributed by atoms with Crippen LogP contribution in [-0.2, 0) is 10.2 Å². The average Bonchev–Trinajstić information content (AvgIpc) is 2.90. The first-order valence-electron chi connectivity index (χ1n) is 7.19. The van der Waals surface area contributed by atoms with Gasteiger partial charge in [-0.1, -0.05) is 20.8 Å². The van der Waals surface area contributed by atoms with Crippen LogP contribution in [0.1, 0.15) is 37.0 Å². The number of hydrogen-bond acceptors (Lipinski definition) is 4. The van der Waals surface area contributed by atoms with Crippen LogP contribution in [0.3, 0.4) is 0 Å². The molecule has 1 saturated heterocycles. The fraction of sp³-hybridized carbons (Fsp3) is 0.533. The van der Waals surface area contributed by atoms with Gasteiger partial charge in [0.1, 0.15) is 5.69 Å². The Morgan fingerprint density at radius 2 is 1.95 bits per heavy atom. The number of rotatable bonds is 1. The summed E-state index contributed by atoms with van der Waals surface area (Å²) in [7, 11) is 0. The SMILES string of the molecule is CC(C)(C)c1cn2nc(C(=O)N3CCOCC3)ccc2n1. The molecule has 21 heavy (non-hydrogen) atoms. The number of aromatic nitrogens is 3. The predicted molar refractivity (Wildman–Crippen MR) is 78.4 cm³/mol. The fourth-order valence-electron chi connectivity index (χ4n) is 2.29. The predicted octanol–water partition coefficient (Wildman–Crippen LogP) is 1.50. The summed E-state index contributed by atoms with van der Waals surface area (Å²) in [5.41, 5.74) is 2.13. The van der Waals surface area contributed by atoms with E-state index in [-0.39, 0.29) is 11.3 Å². The zero-order valence-corrected chi connectivity index (χ0v) is 12.7. The highest BCUT2D eigenvalue weighted by molar-refractivity contribution is 5.92. The number of carbonyl (C=O) groups excluding carboxylic acids is 1. The van der Waals surface area contributed by atoms with Gasteiger partial charge in [0.05, 0.1) is 25.1 Å². The Hall–Kier alpha value is -1.95. The van der Waals surface area contributed by atoms with Gasteiger partial charge in [0.2, 0.25) is 0 Å². The molecule has 0 unspecified atom stereocenters. The lowest BCUT2D eigenvalue weighted by Crippen LogP contribution is -2.41. The quantitative estimate of drug-likeness (QED) is 0.798. The van der Waals surface area contributed by atoms with Crippen LogP contribution in [0.25, 0.3) is 5.65 Å². The Labute approximate surface area is 123 Å². The molecule has 1 aliphatic heterocycles. The molecule has 3 heterocycles. The summed E-state index contributed by atoms with van der Waals surface area (Å²) >= 11 is 0. The molecular weight excluding hydrogens is 268 g/mol. The fourth-order valence-corrected chi connectivity index (χ4v) is 2.29. The third-order valence-electron chi connectivity index (χ3n) is 3.61. The third kappa shape index (κ3) is 2.76. The van der Waals surface area contributed by atoms with E-state index in [2.05, 4.69) is 30.9 Å². The first-order valence-corrected chi connectivity index (χ1v) is 7.19. The molecular formula is C15H20N4O2. The summed E-state index contributed by atoms with van der Waals surface area (Å²) < 4.78 is 6.96. The molecule has 112 valence electrons. The first-order chi connectivity index (χ1) is 9.95. The van der Waals surface area contributed by atoms with Crippen molar-refractivity contribution in [2.45, 2.75) is 26.2 Å². The van der Waals surface area contributed by atoms with E-state index in [0.717, 1.165) is 11.3 Å². The Morgan fingerprint density at radius 1 is 1.24 bits per heavy atom. The molecule has 0 saturated carbocycles. The summed E-state index contributed by atoms with van der Waals surface area (Å²) in [5, 5.41) is 4.41. The summed E-state index contributed by atoms with van der Waals surface area (Å²) in [6.45, 7) is 8.74. The minimum Gasteiger partial charge on any atom is -0.378 e. The Bertz CT molecular complexity index is 666. The molecule has 3 rings (SSSR count). The number of carbonyl (C=O) groups is 1. The van der Waals surface area contributed by atoms with Crippen molar-refractivity contribution in [3.05, 3.63) is 29.7 Å². The smallest absolute Gasteiger partial charge is 0.274 e. The van der Waals surface area contributed by atoms with E-state index in [4.69, 9.17) is 4.74 Å². The van der Waals surface area contributed by atoms with Gasteiger partial charge in [-0.2, -0.15) is 5.10 Å². The van der Waals surface area contributed by atoms with Gasteiger partial charge in [0.15, 0.2) is 5.65 Å². The van der Waals surface area contributed by atoms with Crippen LogP contribution in [0.5, 0.6) is 0 Å². The number of hydrogen-bond donors (Lipinski definition) is 0. The maximum Gasteiger partial charge on any atom is 0.274 e. The molecule has 0 aliphatic carbocycles. The van der Waals surface area contributed by atoms with E-state index < -0.39 is 0 Å². The highest BCUT2D eigenvalue weighted by Gasteiger charge is 2.22. The molecule has 0 N–H and O–H groups in total. The number of imidazole rings is 1. The number of morpholine rings is 1. The topological polar surface area (TPSA) is 59.7 Å². The van der Waals surface area contributed by atoms with Crippen molar-refractivity contribution in [2.75, 3.05) is 26.3 Å². The van der Waals surface area contributed by atoms with Gasteiger partial charge in [-0.05, 0) is 12.1 Å². The minimum atomic E-state index is -0.0498. The van der Waals surface area contributed by atoms with Crippen molar-refractivity contribution in [3.63, 3.8) is 0 Å². The van der Waals surface area contributed by atoms with E-state index in [1.807, 2.05) is 12.3 Å². The lowest BCUT2D eigenvalue weighted by molar-refractivity contribution is 0.0298. The normalized spacial score (nSPS) is 16.4. The molecule has 1 fully saturated rings. The van der Waals surface area contributed by atoms with E-state index in [0.29, 0.717) is 32.0 Å². The van der Waals surface area contributed by atoms with E-state index in [9.17, 15) is 4.79 Å². The number of amides is 1. The van der Waals surface area contributed by atoms with Crippen LogP contribution in [0.15, 0.2) is 18.3 Å². The number of nitrogens with zero attached hydrogens (tertiary/aromatic N) is 4. The van der Waals surface area contributed by atoms with Crippen LogP contribution in [-0.4, -0.2) is 51.7 Å². The van der Waals surface area contributed by atoms with Crippen molar-refractivity contribution < 1.29 is 9.53 Å². The van der Waals surface area contributed by atoms with Crippen molar-refractivity contribution >= 4 is 11.6 Å². The second-order valence-electron chi connectivity index (χ2n) is 6.30. The van der Waals surface area contributed by atoms with Crippen molar-refractivity contribution in [1.82, 2.24) is 19.5 Å². The lowest BCUT2D eigenvalue weighted by Gasteiger charge is -2.26. The standard InChI is InChI=1S/C15H20N4O2/c1-15(2,3)12-10-19-13(16-12)5-4-11(17-19)14(20)18-6-8-21-9-7-18/h4-5,10H,6-9H2,1-3H3. The van der Waals surface area contributed by atoms with E-state index in [1.54, 1.807) is 15.5 Å². The van der Waals surface area contributed by atoms with Crippen LogP contribution in [0.2, 0.25) is 0 Å². The summed E-state index contributed by atoms with van der Waals surface area (Å²) in [6.07, 6.45) is 1.89. The van der Waals surface area contributed by atoms with Crippen LogP contribution < -0.4 is 0 Å². The van der Waals surface area contributed by atoms with Gasteiger partial charge < -0.3 is 9.64 Å². The van der Waals surface area contributed by atoms with Crippen molar-refractivity contribution in [3.8, 4) is 0 Å². The second-order valence-corrected chi connectivity index (χ2v) is 6.30. The second kappa shape index (κ2) is 5.11. The van der Waals surface area contributed by atoms with Gasteiger partial charge in [-0.25, -0.2) is 9.50 Å². The highest BCUT2D eigenvalue weighted by Crippen LogP contribution is 2.21. The largest absolute Gasteiger partial charge is 0.378 e. The number of ether oxygens (including phenoxy) is 1. The maximum absolute atomic E-state index is 12.4. The molecule has 0 spiro atoms. The first kappa shape index (κ1) is 14.0. The molecule has 0 aromatic carbocycles. The van der Waals surface area contributed by atoms with Gasteiger partial charge in [-0.3, -0.25) is 4.79 Å². The summed E-state index contributed by atoms with van der Waals surface area (Å²) in [5.74, 6) is -0.0498. The molecule has 0 bridgehead atoms. The molecule has 0 radical (unpaired) electrons. The molecule has 6 nitrogen and oxygen atoms in total. The minimum absolute atomic E-state index is 0.0396. The molecule has 2 aromatic heterocycles. The van der Waals surface area contributed by atoms with E-state index >= 15 is 0 Å². The monoisotopic (exact) mass is 288 g/mol. The molecule has 0 atom stereocenters. The zero-order valence-electron chi connectivity index (χ0n) is 12.7. The Kier molecular flexibility index (Phi) is 3.41. The molecule has 2 aromatic rings. The van der Waals surface area contributed by atoms with Crippen LogP contribution >= 0.6 is 0 Å². The molecule has 1 amide bonds.